The van der Waals surface area contributed by atoms with Crippen molar-refractivity contribution in [2.24, 2.45) is 0 Å². The summed E-state index contributed by atoms with van der Waals surface area (Å²) in [7, 11) is 0. The van der Waals surface area contributed by atoms with Gasteiger partial charge in [0, 0.05) is 11.8 Å². The lowest BCUT2D eigenvalue weighted by atomic mass is 10.2. The molecular formula is C15H16ClF3N2O6S. The van der Waals surface area contributed by atoms with E-state index in [9.17, 15) is 38.0 Å². The molecule has 0 saturated carbocycles. The number of halogens is 4. The summed E-state index contributed by atoms with van der Waals surface area (Å²) in [6.45, 7) is 4.67. The summed E-state index contributed by atoms with van der Waals surface area (Å²) in [6, 6.07) is -0.711. The van der Waals surface area contributed by atoms with Crippen LogP contribution >= 0.6 is 23.4 Å². The number of nitrogens with zero attached hydrogens (tertiary/aromatic N) is 1. The van der Waals surface area contributed by atoms with Gasteiger partial charge in [0.15, 0.2) is 0 Å². The zero-order valence-corrected chi connectivity index (χ0v) is 16.4. The van der Waals surface area contributed by atoms with Crippen LogP contribution in [0, 0.1) is 10.1 Å². The third kappa shape index (κ3) is 7.08. The highest BCUT2D eigenvalue weighted by atomic mass is 35.5. The number of rotatable bonds is 6. The normalized spacial score (nSPS) is 13.0. The van der Waals surface area contributed by atoms with Crippen LogP contribution in [0.1, 0.15) is 26.3 Å². The second-order valence-electron chi connectivity index (χ2n) is 6.41. The fourth-order valence-corrected chi connectivity index (χ4v) is 3.23. The van der Waals surface area contributed by atoms with E-state index in [1.54, 1.807) is 20.8 Å². The first kappa shape index (κ1) is 23.8. The lowest BCUT2D eigenvalue weighted by Gasteiger charge is -2.22. The van der Waals surface area contributed by atoms with Crippen molar-refractivity contribution in [2.45, 2.75) is 43.5 Å². The van der Waals surface area contributed by atoms with Crippen molar-refractivity contribution in [1.29, 1.82) is 0 Å². The van der Waals surface area contributed by atoms with Gasteiger partial charge in [-0.1, -0.05) is 11.6 Å². The van der Waals surface area contributed by atoms with Gasteiger partial charge in [0.2, 0.25) is 0 Å². The summed E-state index contributed by atoms with van der Waals surface area (Å²) < 4.78 is 43.4. The van der Waals surface area contributed by atoms with Gasteiger partial charge in [-0.2, -0.15) is 13.2 Å². The molecule has 0 radical (unpaired) electrons. The monoisotopic (exact) mass is 444 g/mol. The average Bonchev–Trinajstić information content (AvgIpc) is 2.48. The van der Waals surface area contributed by atoms with Crippen molar-refractivity contribution in [3.05, 3.63) is 32.8 Å². The van der Waals surface area contributed by atoms with E-state index < -0.39 is 56.8 Å². The van der Waals surface area contributed by atoms with Gasteiger partial charge in [0.1, 0.15) is 16.5 Å². The van der Waals surface area contributed by atoms with E-state index in [1.807, 2.05) is 0 Å². The Balaban J connectivity index is 3.07. The SMILES string of the molecule is CC(C)(C)OC(=O)N[C@@H](CSc1c(Cl)cc(C(F)(F)F)cc1[N+](=O)[O-])C(=O)O. The third-order valence-corrected chi connectivity index (χ3v) is 4.56. The highest BCUT2D eigenvalue weighted by Crippen LogP contribution is 2.41. The van der Waals surface area contributed by atoms with Crippen molar-refractivity contribution < 1.29 is 37.5 Å². The summed E-state index contributed by atoms with van der Waals surface area (Å²) in [5.74, 6) is -1.91. The summed E-state index contributed by atoms with van der Waals surface area (Å²) in [5.41, 5.74) is -3.13. The number of nitrogens with one attached hydrogen (secondary N) is 1. The molecule has 0 heterocycles. The second-order valence-corrected chi connectivity index (χ2v) is 7.85. The Labute approximate surface area is 166 Å². The molecule has 0 spiro atoms. The first-order valence-electron chi connectivity index (χ1n) is 7.52. The van der Waals surface area contributed by atoms with Crippen LogP contribution in [0.25, 0.3) is 0 Å². The van der Waals surface area contributed by atoms with Crippen molar-refractivity contribution in [3.8, 4) is 0 Å². The highest BCUT2D eigenvalue weighted by molar-refractivity contribution is 7.99. The molecule has 1 amide bonds. The number of ether oxygens (including phenoxy) is 1. The second kappa shape index (κ2) is 8.86. The predicted octanol–water partition coefficient (Wildman–Crippen LogP) is 4.34. The number of alkyl halides is 3. The number of carbonyl (C=O) groups is 2. The van der Waals surface area contributed by atoms with Crippen LogP contribution < -0.4 is 5.32 Å². The molecule has 0 aromatic heterocycles. The van der Waals surface area contributed by atoms with E-state index >= 15 is 0 Å². The molecule has 13 heteroatoms. The van der Waals surface area contributed by atoms with E-state index in [2.05, 4.69) is 5.32 Å². The van der Waals surface area contributed by atoms with Crippen LogP contribution in [0.15, 0.2) is 17.0 Å². The minimum atomic E-state index is -4.85. The van der Waals surface area contributed by atoms with Crippen molar-refractivity contribution in [2.75, 3.05) is 5.75 Å². The number of carbonyl (C=O) groups excluding carboxylic acids is 1. The number of carboxylic acid groups (broad SMARTS) is 1. The molecule has 0 unspecified atom stereocenters. The molecule has 0 saturated heterocycles. The first-order valence-corrected chi connectivity index (χ1v) is 8.88. The third-order valence-electron chi connectivity index (χ3n) is 2.93. The fraction of sp³-hybridized carbons (Fsp3) is 0.467. The van der Waals surface area contributed by atoms with Crippen LogP contribution in [0.4, 0.5) is 23.7 Å². The fourth-order valence-electron chi connectivity index (χ4n) is 1.81. The highest BCUT2D eigenvalue weighted by Gasteiger charge is 2.35. The van der Waals surface area contributed by atoms with E-state index in [1.165, 1.54) is 0 Å². The Kier molecular flexibility index (Phi) is 7.54. The molecule has 1 aromatic carbocycles. The minimum Gasteiger partial charge on any atom is -0.480 e. The van der Waals surface area contributed by atoms with Crippen LogP contribution in [0.2, 0.25) is 5.02 Å². The Morgan fingerprint density at radius 2 is 1.93 bits per heavy atom. The van der Waals surface area contributed by atoms with Crippen molar-refractivity contribution >= 4 is 41.1 Å². The van der Waals surface area contributed by atoms with Gasteiger partial charge in [-0.25, -0.2) is 9.59 Å². The number of thioether (sulfide) groups is 1. The maximum atomic E-state index is 12.8. The van der Waals surface area contributed by atoms with E-state index in [0.717, 1.165) is 0 Å². The molecule has 0 aliphatic rings. The molecule has 0 aliphatic heterocycles. The van der Waals surface area contributed by atoms with Crippen LogP contribution in [-0.2, 0) is 15.7 Å². The molecule has 156 valence electrons. The van der Waals surface area contributed by atoms with Crippen molar-refractivity contribution in [3.63, 3.8) is 0 Å². The number of hydrogen-bond acceptors (Lipinski definition) is 6. The largest absolute Gasteiger partial charge is 0.480 e. The van der Waals surface area contributed by atoms with E-state index in [4.69, 9.17) is 16.3 Å². The van der Waals surface area contributed by atoms with Crippen LogP contribution in [0.3, 0.4) is 0 Å². The summed E-state index contributed by atoms with van der Waals surface area (Å²) in [5, 5.41) is 21.8. The first-order chi connectivity index (χ1) is 12.6. The number of nitro groups is 1. The molecule has 8 nitrogen and oxygen atoms in total. The molecule has 1 aromatic rings. The molecule has 0 aliphatic carbocycles. The number of benzene rings is 1. The number of nitro benzene ring substituents is 1. The zero-order valence-electron chi connectivity index (χ0n) is 14.8. The van der Waals surface area contributed by atoms with Gasteiger partial charge in [0.05, 0.1) is 15.5 Å². The summed E-state index contributed by atoms with van der Waals surface area (Å²) in [4.78, 5) is 32.7. The van der Waals surface area contributed by atoms with E-state index in [0.29, 0.717) is 23.9 Å². The number of aliphatic carboxylic acids is 1. The smallest absolute Gasteiger partial charge is 0.416 e. The Morgan fingerprint density at radius 1 is 1.36 bits per heavy atom. The molecule has 1 atom stereocenters. The number of amides is 1. The van der Waals surface area contributed by atoms with Gasteiger partial charge in [-0.05, 0) is 26.8 Å². The Bertz CT molecular complexity index is 782. The standard InChI is InChI=1S/C15H16ClF3N2O6S/c1-14(2,3)27-13(24)20-9(12(22)23)6-28-11-8(16)4-7(15(17,18)19)5-10(11)21(25)26/h4-5,9H,6H2,1-3H3,(H,20,24)(H,22,23)/t9-/m0/s1. The molecule has 28 heavy (non-hydrogen) atoms. The van der Waals surface area contributed by atoms with Gasteiger partial charge in [-0.15, -0.1) is 11.8 Å². The quantitative estimate of drug-likeness (QED) is 0.380. The van der Waals surface area contributed by atoms with Crippen molar-refractivity contribution in [1.82, 2.24) is 5.32 Å². The zero-order chi connectivity index (χ0) is 21.9. The van der Waals surface area contributed by atoms with Gasteiger partial charge in [0.25, 0.3) is 5.69 Å². The lowest BCUT2D eigenvalue weighted by molar-refractivity contribution is -0.388. The van der Waals surface area contributed by atoms with Crippen LogP contribution in [-0.4, -0.2) is 39.5 Å². The molecule has 1 rings (SSSR count). The minimum absolute atomic E-state index is 0.311. The molecule has 0 bridgehead atoms. The van der Waals surface area contributed by atoms with Gasteiger partial charge < -0.3 is 15.2 Å². The number of alkyl carbamates (subject to hydrolysis) is 1. The van der Waals surface area contributed by atoms with Gasteiger partial charge in [-0.3, -0.25) is 10.1 Å². The Hall–Kier alpha value is -2.21. The van der Waals surface area contributed by atoms with Gasteiger partial charge >= 0.3 is 18.2 Å². The molecule has 0 fully saturated rings. The van der Waals surface area contributed by atoms with E-state index in [-0.39, 0.29) is 4.90 Å². The number of carboxylic acids is 1. The average molecular weight is 445 g/mol. The molecular weight excluding hydrogens is 429 g/mol. The van der Waals surface area contributed by atoms with Crippen LogP contribution in [0.5, 0.6) is 0 Å². The summed E-state index contributed by atoms with van der Waals surface area (Å²) >= 11 is 6.28. The number of hydrogen-bond donors (Lipinski definition) is 2. The maximum Gasteiger partial charge on any atom is 0.416 e. The maximum absolute atomic E-state index is 12.8. The lowest BCUT2D eigenvalue weighted by Crippen LogP contribution is -2.44. The Morgan fingerprint density at radius 3 is 2.36 bits per heavy atom. The topological polar surface area (TPSA) is 119 Å². The predicted molar refractivity (Wildman–Crippen MR) is 94.6 cm³/mol. The summed E-state index contributed by atoms with van der Waals surface area (Å²) in [6.07, 6.45) is -5.88. The molecule has 2 N–H and O–H groups in total.